The van der Waals surface area contributed by atoms with Gasteiger partial charge in [-0.25, -0.2) is 0 Å². The normalized spacial score (nSPS) is 18.1. The summed E-state index contributed by atoms with van der Waals surface area (Å²) in [7, 11) is 0. The third-order valence-corrected chi connectivity index (χ3v) is 3.47. The average Bonchev–Trinajstić information content (AvgIpc) is 2.41. The Labute approximate surface area is 101 Å². The van der Waals surface area contributed by atoms with Gasteiger partial charge in [0, 0.05) is 0 Å². The molecule has 17 heavy (non-hydrogen) atoms. The highest BCUT2D eigenvalue weighted by Gasteiger charge is 2.31. The summed E-state index contributed by atoms with van der Waals surface area (Å²) in [5.41, 5.74) is -1.12. The van der Waals surface area contributed by atoms with Gasteiger partial charge in [0.1, 0.15) is 6.61 Å². The molecule has 1 rings (SSSR count). The van der Waals surface area contributed by atoms with E-state index in [-0.39, 0.29) is 18.5 Å². The molecule has 5 nitrogen and oxygen atoms in total. The minimum absolute atomic E-state index is 0.0578. The van der Waals surface area contributed by atoms with E-state index in [1.165, 1.54) is 0 Å². The molecule has 1 aliphatic carbocycles. The van der Waals surface area contributed by atoms with Gasteiger partial charge in [-0.15, -0.1) is 0 Å². The summed E-state index contributed by atoms with van der Waals surface area (Å²) in [6.45, 7) is -1.35. The Morgan fingerprint density at radius 1 is 1.06 bits per heavy atom. The quantitative estimate of drug-likeness (QED) is 0.577. The maximum Gasteiger partial charge on any atom is 0.308 e. The van der Waals surface area contributed by atoms with Crippen molar-refractivity contribution < 1.29 is 24.9 Å². The molecule has 100 valence electrons. The number of rotatable bonds is 6. The maximum absolute atomic E-state index is 11.7. The van der Waals surface area contributed by atoms with Crippen molar-refractivity contribution in [1.82, 2.24) is 0 Å². The highest BCUT2D eigenvalue weighted by atomic mass is 16.5. The first kappa shape index (κ1) is 14.4. The van der Waals surface area contributed by atoms with Crippen molar-refractivity contribution in [3.8, 4) is 0 Å². The van der Waals surface area contributed by atoms with Crippen molar-refractivity contribution in [1.29, 1.82) is 0 Å². The van der Waals surface area contributed by atoms with Crippen LogP contribution in [-0.4, -0.2) is 47.7 Å². The van der Waals surface area contributed by atoms with E-state index in [0.29, 0.717) is 0 Å². The second-order valence-electron chi connectivity index (χ2n) is 4.92. The van der Waals surface area contributed by atoms with Crippen LogP contribution in [0.3, 0.4) is 0 Å². The fraction of sp³-hybridized carbons (Fsp3) is 0.917. The first-order valence-electron chi connectivity index (χ1n) is 6.16. The highest BCUT2D eigenvalue weighted by Crippen LogP contribution is 2.25. The molecule has 0 aromatic rings. The van der Waals surface area contributed by atoms with E-state index in [0.717, 1.165) is 32.1 Å². The molecule has 0 saturated heterocycles. The summed E-state index contributed by atoms with van der Waals surface area (Å²) >= 11 is 0. The Balaban J connectivity index is 2.40. The van der Waals surface area contributed by atoms with Crippen LogP contribution in [0, 0.1) is 11.3 Å². The molecule has 1 saturated carbocycles. The van der Waals surface area contributed by atoms with Gasteiger partial charge in [0.25, 0.3) is 0 Å². The van der Waals surface area contributed by atoms with E-state index >= 15 is 0 Å². The van der Waals surface area contributed by atoms with Gasteiger partial charge in [0.05, 0.1) is 31.2 Å². The molecule has 0 aromatic heterocycles. The minimum Gasteiger partial charge on any atom is -0.465 e. The molecule has 0 unspecified atom stereocenters. The van der Waals surface area contributed by atoms with Crippen molar-refractivity contribution in [2.75, 3.05) is 26.4 Å². The number of ether oxygens (including phenoxy) is 1. The van der Waals surface area contributed by atoms with Crippen LogP contribution in [0.1, 0.15) is 32.1 Å². The first-order chi connectivity index (χ1) is 8.17. The lowest BCUT2D eigenvalue weighted by atomic mass is 9.89. The molecule has 0 amide bonds. The molecule has 0 atom stereocenters. The maximum atomic E-state index is 11.7. The Kier molecular flexibility index (Phi) is 5.88. The number of carbonyl (C=O) groups is 1. The molecule has 1 fully saturated rings. The fourth-order valence-electron chi connectivity index (χ4n) is 1.97. The van der Waals surface area contributed by atoms with Crippen molar-refractivity contribution >= 4 is 5.97 Å². The third kappa shape index (κ3) is 3.94. The predicted molar refractivity (Wildman–Crippen MR) is 61.2 cm³/mol. The summed E-state index contributed by atoms with van der Waals surface area (Å²) in [4.78, 5) is 11.7. The van der Waals surface area contributed by atoms with Crippen LogP contribution in [0.4, 0.5) is 0 Å². The first-order valence-corrected chi connectivity index (χ1v) is 6.16. The number of esters is 1. The van der Waals surface area contributed by atoms with E-state index < -0.39 is 25.2 Å². The van der Waals surface area contributed by atoms with Crippen LogP contribution in [0.25, 0.3) is 0 Å². The van der Waals surface area contributed by atoms with Gasteiger partial charge in [0.2, 0.25) is 0 Å². The van der Waals surface area contributed by atoms with Crippen LogP contribution in [0.15, 0.2) is 0 Å². The zero-order chi connectivity index (χ0) is 12.7. The van der Waals surface area contributed by atoms with E-state index in [4.69, 9.17) is 20.1 Å². The zero-order valence-electron chi connectivity index (χ0n) is 10.1. The number of hydrogen-bond acceptors (Lipinski definition) is 5. The summed E-state index contributed by atoms with van der Waals surface area (Å²) in [5, 5.41) is 27.3. The lowest BCUT2D eigenvalue weighted by Gasteiger charge is -2.28. The van der Waals surface area contributed by atoms with Crippen molar-refractivity contribution in [3.05, 3.63) is 0 Å². The van der Waals surface area contributed by atoms with Gasteiger partial charge in [0.15, 0.2) is 0 Å². The monoisotopic (exact) mass is 246 g/mol. The van der Waals surface area contributed by atoms with Gasteiger partial charge >= 0.3 is 5.97 Å². The summed E-state index contributed by atoms with van der Waals surface area (Å²) in [5.74, 6) is -0.332. The van der Waals surface area contributed by atoms with Crippen molar-refractivity contribution in [2.45, 2.75) is 32.1 Å². The number of hydrogen-bond donors (Lipinski definition) is 3. The van der Waals surface area contributed by atoms with E-state index in [1.807, 2.05) is 0 Å². The van der Waals surface area contributed by atoms with Crippen LogP contribution in [-0.2, 0) is 9.53 Å². The van der Waals surface area contributed by atoms with Crippen molar-refractivity contribution in [2.24, 2.45) is 11.3 Å². The molecular weight excluding hydrogens is 224 g/mol. The van der Waals surface area contributed by atoms with Gasteiger partial charge in [-0.2, -0.15) is 0 Å². The predicted octanol–water partition coefficient (Wildman–Crippen LogP) is 0.0732. The Bertz CT molecular complexity index is 223. The lowest BCUT2D eigenvalue weighted by molar-refractivity contribution is -0.157. The molecule has 0 radical (unpaired) electrons. The van der Waals surface area contributed by atoms with Gasteiger partial charge in [-0.05, 0) is 12.8 Å². The molecule has 0 heterocycles. The summed E-state index contributed by atoms with van der Waals surface area (Å²) < 4.78 is 5.10. The van der Waals surface area contributed by atoms with Crippen LogP contribution in [0.5, 0.6) is 0 Å². The fourth-order valence-corrected chi connectivity index (χ4v) is 1.97. The molecule has 0 bridgehead atoms. The van der Waals surface area contributed by atoms with Gasteiger partial charge in [-0.1, -0.05) is 19.3 Å². The molecule has 0 aliphatic heterocycles. The average molecular weight is 246 g/mol. The second-order valence-corrected chi connectivity index (χ2v) is 4.92. The number of aliphatic hydroxyl groups excluding tert-OH is 3. The minimum atomic E-state index is -1.12. The highest BCUT2D eigenvalue weighted by molar-refractivity contribution is 5.72. The summed E-state index contributed by atoms with van der Waals surface area (Å²) in [6, 6.07) is 0. The van der Waals surface area contributed by atoms with Gasteiger partial charge in [-0.3, -0.25) is 4.79 Å². The molecule has 0 aromatic carbocycles. The third-order valence-electron chi connectivity index (χ3n) is 3.47. The molecule has 0 spiro atoms. The van der Waals surface area contributed by atoms with E-state index in [2.05, 4.69) is 0 Å². The Morgan fingerprint density at radius 2 is 1.59 bits per heavy atom. The number of carbonyl (C=O) groups excluding carboxylic acids is 1. The van der Waals surface area contributed by atoms with Crippen molar-refractivity contribution in [3.63, 3.8) is 0 Å². The smallest absolute Gasteiger partial charge is 0.308 e. The molecule has 1 aliphatic rings. The second kappa shape index (κ2) is 6.93. The molecular formula is C12H22O5. The van der Waals surface area contributed by atoms with E-state index in [1.54, 1.807) is 0 Å². The standard InChI is InChI=1S/C12H22O5/c13-6-12(7-14,8-15)9-17-11(16)10-4-2-1-3-5-10/h10,13-15H,1-9H2. The number of aliphatic hydroxyl groups is 3. The SMILES string of the molecule is O=C(OCC(CO)(CO)CO)C1CCCCC1. The van der Waals surface area contributed by atoms with E-state index in [9.17, 15) is 4.79 Å². The largest absolute Gasteiger partial charge is 0.465 e. The molecule has 3 N–H and O–H groups in total. The zero-order valence-corrected chi connectivity index (χ0v) is 10.1. The topological polar surface area (TPSA) is 87.0 Å². The lowest BCUT2D eigenvalue weighted by Crippen LogP contribution is -2.40. The molecule has 5 heteroatoms. The van der Waals surface area contributed by atoms with Crippen LogP contribution < -0.4 is 0 Å². The Hall–Kier alpha value is -0.650. The van der Waals surface area contributed by atoms with Gasteiger partial charge < -0.3 is 20.1 Å². The Morgan fingerprint density at radius 3 is 2.06 bits per heavy atom. The van der Waals surface area contributed by atoms with Crippen LogP contribution >= 0.6 is 0 Å². The summed E-state index contributed by atoms with van der Waals surface area (Å²) in [6.07, 6.45) is 4.96. The van der Waals surface area contributed by atoms with Crippen LogP contribution in [0.2, 0.25) is 0 Å².